The summed E-state index contributed by atoms with van der Waals surface area (Å²) in [5, 5.41) is 3.14. The van der Waals surface area contributed by atoms with Crippen LogP contribution in [0.5, 0.6) is 0 Å². The number of hydrogen-bond acceptors (Lipinski definition) is 5. The van der Waals surface area contributed by atoms with Gasteiger partial charge in [0.15, 0.2) is 0 Å². The minimum Gasteiger partial charge on any atom is -0.372 e. The van der Waals surface area contributed by atoms with Crippen LogP contribution in [0.1, 0.15) is 31.9 Å². The quantitative estimate of drug-likeness (QED) is 0.757. The van der Waals surface area contributed by atoms with Crippen molar-refractivity contribution in [1.29, 1.82) is 0 Å². The van der Waals surface area contributed by atoms with E-state index in [1.807, 2.05) is 30.0 Å². The van der Waals surface area contributed by atoms with E-state index in [0.29, 0.717) is 26.1 Å². The fourth-order valence-corrected chi connectivity index (χ4v) is 4.50. The SMILES string of the molecule is CCOCC(=O)N1CCC[C@@]2(C(=O)NCCc3ccccn3)CCN(C)C[C@H]12. The third-order valence-corrected chi connectivity index (χ3v) is 6.06. The summed E-state index contributed by atoms with van der Waals surface area (Å²) in [6.45, 7) is 5.36. The van der Waals surface area contributed by atoms with Gasteiger partial charge in [-0.05, 0) is 51.9 Å². The van der Waals surface area contributed by atoms with Crippen molar-refractivity contribution in [3.8, 4) is 0 Å². The van der Waals surface area contributed by atoms with E-state index in [2.05, 4.69) is 22.2 Å². The third kappa shape index (κ3) is 4.52. The van der Waals surface area contributed by atoms with Gasteiger partial charge in [-0.2, -0.15) is 0 Å². The predicted molar refractivity (Wildman–Crippen MR) is 107 cm³/mol. The van der Waals surface area contributed by atoms with Crippen LogP contribution in [0.25, 0.3) is 0 Å². The van der Waals surface area contributed by atoms with Crippen LogP contribution in [0.15, 0.2) is 24.4 Å². The van der Waals surface area contributed by atoms with Gasteiger partial charge in [-0.3, -0.25) is 14.6 Å². The maximum atomic E-state index is 13.3. The molecule has 0 spiro atoms. The first-order valence-electron chi connectivity index (χ1n) is 10.3. The number of rotatable bonds is 7. The van der Waals surface area contributed by atoms with E-state index in [1.165, 1.54) is 0 Å². The summed E-state index contributed by atoms with van der Waals surface area (Å²) < 4.78 is 5.35. The molecule has 0 bridgehead atoms. The highest BCUT2D eigenvalue weighted by atomic mass is 16.5. The van der Waals surface area contributed by atoms with E-state index in [0.717, 1.165) is 38.0 Å². The number of likely N-dealkylation sites (N-methyl/N-ethyl adjacent to an activating group) is 1. The summed E-state index contributed by atoms with van der Waals surface area (Å²) in [5.41, 5.74) is 0.467. The maximum absolute atomic E-state index is 13.3. The zero-order valence-electron chi connectivity index (χ0n) is 17.0. The topological polar surface area (TPSA) is 74.8 Å². The van der Waals surface area contributed by atoms with Gasteiger partial charge in [0.05, 0.1) is 11.5 Å². The number of hydrogen-bond donors (Lipinski definition) is 1. The molecule has 2 saturated heterocycles. The molecule has 1 aromatic rings. The van der Waals surface area contributed by atoms with Gasteiger partial charge < -0.3 is 19.9 Å². The third-order valence-electron chi connectivity index (χ3n) is 6.06. The van der Waals surface area contributed by atoms with Crippen LogP contribution >= 0.6 is 0 Å². The van der Waals surface area contributed by atoms with Crippen molar-refractivity contribution in [1.82, 2.24) is 20.1 Å². The lowest BCUT2D eigenvalue weighted by atomic mass is 9.67. The molecule has 2 fully saturated rings. The number of pyridine rings is 1. The maximum Gasteiger partial charge on any atom is 0.248 e. The predicted octanol–water partition coefficient (Wildman–Crippen LogP) is 1.09. The Morgan fingerprint density at radius 2 is 2.18 bits per heavy atom. The summed E-state index contributed by atoms with van der Waals surface area (Å²) in [6.07, 6.45) is 4.94. The van der Waals surface area contributed by atoms with Crippen molar-refractivity contribution < 1.29 is 14.3 Å². The van der Waals surface area contributed by atoms with Crippen molar-refractivity contribution in [2.24, 2.45) is 5.41 Å². The largest absolute Gasteiger partial charge is 0.372 e. The molecule has 1 aromatic heterocycles. The number of amides is 2. The molecule has 2 atom stereocenters. The van der Waals surface area contributed by atoms with Gasteiger partial charge in [0.25, 0.3) is 0 Å². The molecule has 0 radical (unpaired) electrons. The molecule has 0 aliphatic carbocycles. The fraction of sp³-hybridized carbons (Fsp3) is 0.667. The fourth-order valence-electron chi connectivity index (χ4n) is 4.50. The lowest BCUT2D eigenvalue weighted by Gasteiger charge is -2.53. The minimum atomic E-state index is -0.503. The van der Waals surface area contributed by atoms with Gasteiger partial charge in [-0.25, -0.2) is 0 Å². The molecule has 154 valence electrons. The Balaban J connectivity index is 1.69. The van der Waals surface area contributed by atoms with E-state index in [9.17, 15) is 9.59 Å². The standard InChI is InChI=1S/C21H32N4O3/c1-3-28-16-19(26)25-13-6-9-21(10-14-24(2)15-18(21)25)20(27)23-12-8-17-7-4-5-11-22-17/h4-5,7,11,18H,3,6,8-10,12-16H2,1-2H3,(H,23,27)/t18-,21+/m0/s1. The first kappa shape index (κ1) is 20.7. The zero-order valence-corrected chi connectivity index (χ0v) is 17.0. The molecular formula is C21H32N4O3. The lowest BCUT2D eigenvalue weighted by Crippen LogP contribution is -2.66. The van der Waals surface area contributed by atoms with E-state index >= 15 is 0 Å². The van der Waals surface area contributed by atoms with Crippen molar-refractivity contribution in [3.05, 3.63) is 30.1 Å². The van der Waals surface area contributed by atoms with Crippen molar-refractivity contribution in [2.75, 3.05) is 46.4 Å². The summed E-state index contributed by atoms with van der Waals surface area (Å²) in [4.78, 5) is 34.5. The van der Waals surface area contributed by atoms with Gasteiger partial charge in [-0.15, -0.1) is 0 Å². The van der Waals surface area contributed by atoms with Crippen molar-refractivity contribution >= 4 is 11.8 Å². The number of nitrogens with one attached hydrogen (secondary N) is 1. The monoisotopic (exact) mass is 388 g/mol. The summed E-state index contributed by atoms with van der Waals surface area (Å²) in [5.74, 6) is 0.0722. The molecule has 2 aliphatic rings. The molecule has 7 nitrogen and oxygen atoms in total. The first-order chi connectivity index (χ1) is 13.6. The molecule has 0 aromatic carbocycles. The van der Waals surface area contributed by atoms with Gasteiger partial charge in [0.1, 0.15) is 6.61 Å². The molecule has 0 unspecified atom stereocenters. The van der Waals surface area contributed by atoms with Gasteiger partial charge in [-0.1, -0.05) is 6.07 Å². The number of carbonyl (C=O) groups is 2. The van der Waals surface area contributed by atoms with Gasteiger partial charge in [0, 0.05) is 44.6 Å². The zero-order chi connectivity index (χ0) is 20.0. The number of aromatic nitrogens is 1. The molecule has 7 heteroatoms. The highest BCUT2D eigenvalue weighted by Crippen LogP contribution is 2.42. The van der Waals surface area contributed by atoms with Crippen molar-refractivity contribution in [2.45, 2.75) is 38.6 Å². The van der Waals surface area contributed by atoms with E-state index in [4.69, 9.17) is 4.74 Å². The van der Waals surface area contributed by atoms with Crippen LogP contribution < -0.4 is 5.32 Å². The molecule has 1 N–H and O–H groups in total. The second-order valence-corrected chi connectivity index (χ2v) is 7.84. The van der Waals surface area contributed by atoms with E-state index < -0.39 is 5.41 Å². The Kier molecular flexibility index (Phi) is 7.02. The number of piperidine rings is 2. The Bertz CT molecular complexity index is 669. The molecule has 2 aliphatic heterocycles. The lowest BCUT2D eigenvalue weighted by molar-refractivity contribution is -0.156. The van der Waals surface area contributed by atoms with Crippen LogP contribution in [0.4, 0.5) is 0 Å². The molecule has 3 heterocycles. The van der Waals surface area contributed by atoms with Crippen molar-refractivity contribution in [3.63, 3.8) is 0 Å². The van der Waals surface area contributed by atoms with Crippen LogP contribution in [0.2, 0.25) is 0 Å². The average Bonchev–Trinajstić information content (AvgIpc) is 2.72. The van der Waals surface area contributed by atoms with E-state index in [1.54, 1.807) is 6.20 Å². The highest BCUT2D eigenvalue weighted by molar-refractivity contribution is 5.86. The number of ether oxygens (including phenoxy) is 1. The van der Waals surface area contributed by atoms with Crippen LogP contribution in [0, 0.1) is 5.41 Å². The van der Waals surface area contributed by atoms with Gasteiger partial charge in [0.2, 0.25) is 11.8 Å². The number of nitrogens with zero attached hydrogens (tertiary/aromatic N) is 3. The van der Waals surface area contributed by atoms with Gasteiger partial charge >= 0.3 is 0 Å². The molecule has 3 rings (SSSR count). The number of carbonyl (C=O) groups excluding carboxylic acids is 2. The Labute approximate surface area is 167 Å². The minimum absolute atomic E-state index is 0.00693. The second-order valence-electron chi connectivity index (χ2n) is 7.84. The Morgan fingerprint density at radius 3 is 2.93 bits per heavy atom. The van der Waals surface area contributed by atoms with Crippen LogP contribution in [0.3, 0.4) is 0 Å². The summed E-state index contributed by atoms with van der Waals surface area (Å²) in [6, 6.07) is 5.72. The van der Waals surface area contributed by atoms with Crippen LogP contribution in [-0.2, 0) is 20.7 Å². The molecule has 2 amide bonds. The second kappa shape index (κ2) is 9.47. The molecule has 28 heavy (non-hydrogen) atoms. The molecule has 0 saturated carbocycles. The normalized spacial score (nSPS) is 25.2. The summed E-state index contributed by atoms with van der Waals surface area (Å²) in [7, 11) is 2.06. The molecular weight excluding hydrogens is 356 g/mol. The first-order valence-corrected chi connectivity index (χ1v) is 10.3. The Morgan fingerprint density at radius 1 is 1.32 bits per heavy atom. The van der Waals surface area contributed by atoms with Crippen LogP contribution in [-0.4, -0.2) is 79.1 Å². The average molecular weight is 389 g/mol. The van der Waals surface area contributed by atoms with E-state index in [-0.39, 0.29) is 24.5 Å². The smallest absolute Gasteiger partial charge is 0.248 e. The number of likely N-dealkylation sites (tertiary alicyclic amines) is 2. The number of fused-ring (bicyclic) bond motifs is 1. The highest BCUT2D eigenvalue weighted by Gasteiger charge is 2.53. The summed E-state index contributed by atoms with van der Waals surface area (Å²) >= 11 is 0. The Hall–Kier alpha value is -1.99.